The van der Waals surface area contributed by atoms with Crippen molar-refractivity contribution in [2.75, 3.05) is 13.1 Å². The number of ether oxygens (including phenoxy) is 1. The highest BCUT2D eigenvalue weighted by Gasteiger charge is 2.41. The molecule has 18 heavy (non-hydrogen) atoms. The summed E-state index contributed by atoms with van der Waals surface area (Å²) in [6.07, 6.45) is 2.38. The van der Waals surface area contributed by atoms with E-state index in [1.54, 1.807) is 0 Å². The third-order valence-corrected chi connectivity index (χ3v) is 3.51. The van der Waals surface area contributed by atoms with Crippen LogP contribution in [0.1, 0.15) is 29.6 Å². The highest BCUT2D eigenvalue weighted by molar-refractivity contribution is 6.00. The van der Waals surface area contributed by atoms with Crippen LogP contribution in [0.5, 0.6) is 5.75 Å². The van der Waals surface area contributed by atoms with Gasteiger partial charge in [0.1, 0.15) is 11.4 Å². The Morgan fingerprint density at radius 1 is 1.11 bits per heavy atom. The average molecular weight is 290 g/mol. The predicted molar refractivity (Wildman–Crippen MR) is 75.3 cm³/mol. The predicted octanol–water partition coefficient (Wildman–Crippen LogP) is 2.62. The molecule has 1 N–H and O–H groups in total. The van der Waals surface area contributed by atoms with Crippen molar-refractivity contribution in [1.29, 1.82) is 0 Å². The molecule has 0 radical (unpaired) electrons. The Morgan fingerprint density at radius 3 is 2.50 bits per heavy atom. The Labute approximate surface area is 119 Å². The summed E-state index contributed by atoms with van der Waals surface area (Å²) in [5.74, 6) is 0.990. The number of ketones is 1. The van der Waals surface area contributed by atoms with E-state index in [1.165, 1.54) is 0 Å². The number of Topliss-reactive ketones (excluding diaryl/α,β-unsaturated/α-hetero) is 1. The lowest BCUT2D eigenvalue weighted by atomic mass is 9.83. The summed E-state index contributed by atoms with van der Waals surface area (Å²) >= 11 is 0. The Kier molecular flexibility index (Phi) is 5.02. The number of rotatable bonds is 0. The third-order valence-electron chi connectivity index (χ3n) is 3.51. The zero-order valence-electron chi connectivity index (χ0n) is 9.98. The van der Waals surface area contributed by atoms with E-state index in [2.05, 4.69) is 5.32 Å². The highest BCUT2D eigenvalue weighted by Crippen LogP contribution is 2.37. The first-order valence-electron chi connectivity index (χ1n) is 5.81. The fourth-order valence-corrected chi connectivity index (χ4v) is 2.60. The summed E-state index contributed by atoms with van der Waals surface area (Å²) < 4.78 is 6.07. The van der Waals surface area contributed by atoms with Gasteiger partial charge in [0.25, 0.3) is 0 Å². The van der Waals surface area contributed by atoms with E-state index in [-0.39, 0.29) is 36.2 Å². The Hall–Kier alpha value is -0.770. The summed E-state index contributed by atoms with van der Waals surface area (Å²) in [6, 6.07) is 7.56. The Balaban J connectivity index is 0.000000810. The first-order chi connectivity index (χ1) is 7.79. The summed E-state index contributed by atoms with van der Waals surface area (Å²) in [6.45, 7) is 1.88. The van der Waals surface area contributed by atoms with Crippen LogP contribution in [0, 0.1) is 0 Å². The molecule has 0 saturated carbocycles. The second-order valence-corrected chi connectivity index (χ2v) is 4.63. The monoisotopic (exact) mass is 289 g/mol. The van der Waals surface area contributed by atoms with Gasteiger partial charge in [0.2, 0.25) is 0 Å². The van der Waals surface area contributed by atoms with E-state index < -0.39 is 0 Å². The molecule has 100 valence electrons. The molecule has 0 atom stereocenters. The van der Waals surface area contributed by atoms with Crippen LogP contribution in [-0.2, 0) is 0 Å². The van der Waals surface area contributed by atoms with E-state index in [9.17, 15) is 4.79 Å². The molecule has 3 rings (SSSR count). The van der Waals surface area contributed by atoms with Crippen LogP contribution in [0.25, 0.3) is 0 Å². The maximum absolute atomic E-state index is 12.1. The average Bonchev–Trinajstić information content (AvgIpc) is 2.30. The molecule has 1 spiro atoms. The van der Waals surface area contributed by atoms with Gasteiger partial charge in [0, 0.05) is 12.8 Å². The minimum absolute atomic E-state index is 0. The van der Waals surface area contributed by atoms with Gasteiger partial charge in [-0.2, -0.15) is 0 Å². The summed E-state index contributed by atoms with van der Waals surface area (Å²) in [4.78, 5) is 12.1. The SMILES string of the molecule is Cl.Cl.O=C1CC2(CCNCC2)Oc2ccccc21. The van der Waals surface area contributed by atoms with Crippen molar-refractivity contribution in [3.8, 4) is 5.75 Å². The van der Waals surface area contributed by atoms with Gasteiger partial charge in [-0.05, 0) is 25.2 Å². The van der Waals surface area contributed by atoms with Crippen LogP contribution >= 0.6 is 24.8 Å². The standard InChI is InChI=1S/C13H15NO2.2ClH/c15-11-9-13(5-7-14-8-6-13)16-12-4-2-1-3-10(11)12;;/h1-4,14H,5-9H2;2*1H. The van der Waals surface area contributed by atoms with Crippen molar-refractivity contribution in [2.45, 2.75) is 24.9 Å². The fraction of sp³-hybridized carbons (Fsp3) is 0.462. The zero-order valence-corrected chi connectivity index (χ0v) is 11.6. The van der Waals surface area contributed by atoms with Crippen molar-refractivity contribution in [2.24, 2.45) is 0 Å². The minimum atomic E-state index is -0.239. The molecule has 0 aliphatic carbocycles. The van der Waals surface area contributed by atoms with Gasteiger partial charge in [0.05, 0.1) is 12.0 Å². The van der Waals surface area contributed by atoms with Gasteiger partial charge >= 0.3 is 0 Å². The van der Waals surface area contributed by atoms with Crippen LogP contribution in [0.4, 0.5) is 0 Å². The van der Waals surface area contributed by atoms with Crippen LogP contribution in [0.3, 0.4) is 0 Å². The van der Waals surface area contributed by atoms with Crippen molar-refractivity contribution in [3.63, 3.8) is 0 Å². The molecule has 0 unspecified atom stereocenters. The normalized spacial score (nSPS) is 20.1. The van der Waals surface area contributed by atoms with Gasteiger partial charge in [-0.3, -0.25) is 4.79 Å². The molecule has 5 heteroatoms. The molecule has 1 saturated heterocycles. The third kappa shape index (κ3) is 2.63. The van der Waals surface area contributed by atoms with Gasteiger partial charge < -0.3 is 10.1 Å². The lowest BCUT2D eigenvalue weighted by Gasteiger charge is -2.40. The van der Waals surface area contributed by atoms with E-state index in [0.29, 0.717) is 6.42 Å². The van der Waals surface area contributed by atoms with Crippen molar-refractivity contribution < 1.29 is 9.53 Å². The molecule has 2 heterocycles. The quantitative estimate of drug-likeness (QED) is 0.798. The second-order valence-electron chi connectivity index (χ2n) is 4.63. The molecule has 0 bridgehead atoms. The van der Waals surface area contributed by atoms with Crippen LogP contribution in [-0.4, -0.2) is 24.5 Å². The van der Waals surface area contributed by atoms with Crippen LogP contribution < -0.4 is 10.1 Å². The van der Waals surface area contributed by atoms with Gasteiger partial charge in [-0.15, -0.1) is 24.8 Å². The maximum atomic E-state index is 12.1. The number of hydrogen-bond donors (Lipinski definition) is 1. The van der Waals surface area contributed by atoms with Crippen molar-refractivity contribution >= 4 is 30.6 Å². The molecular formula is C13H17Cl2NO2. The smallest absolute Gasteiger partial charge is 0.170 e. The number of carbonyl (C=O) groups excluding carboxylic acids is 1. The molecule has 1 aromatic rings. The van der Waals surface area contributed by atoms with E-state index >= 15 is 0 Å². The van der Waals surface area contributed by atoms with Crippen molar-refractivity contribution in [1.82, 2.24) is 5.32 Å². The molecule has 2 aliphatic rings. The molecule has 3 nitrogen and oxygen atoms in total. The van der Waals surface area contributed by atoms with Gasteiger partial charge in [-0.25, -0.2) is 0 Å². The highest BCUT2D eigenvalue weighted by atomic mass is 35.5. The number of halogens is 2. The van der Waals surface area contributed by atoms with Crippen molar-refractivity contribution in [3.05, 3.63) is 29.8 Å². The second kappa shape index (κ2) is 5.91. The lowest BCUT2D eigenvalue weighted by molar-refractivity contribution is 0.0187. The van der Waals surface area contributed by atoms with E-state index in [1.807, 2.05) is 24.3 Å². The molecule has 1 aromatic carbocycles. The topological polar surface area (TPSA) is 38.3 Å². The number of nitrogens with one attached hydrogen (secondary N) is 1. The number of para-hydroxylation sites is 1. The largest absolute Gasteiger partial charge is 0.486 e. The number of hydrogen-bond acceptors (Lipinski definition) is 3. The summed E-state index contributed by atoms with van der Waals surface area (Å²) in [7, 11) is 0. The van der Waals surface area contributed by atoms with Crippen LogP contribution in [0.15, 0.2) is 24.3 Å². The first kappa shape index (κ1) is 15.3. The minimum Gasteiger partial charge on any atom is -0.486 e. The lowest BCUT2D eigenvalue weighted by Crippen LogP contribution is -2.49. The van der Waals surface area contributed by atoms with Gasteiger partial charge in [0.15, 0.2) is 5.78 Å². The first-order valence-corrected chi connectivity index (χ1v) is 5.81. The number of fused-ring (bicyclic) bond motifs is 1. The molecule has 1 fully saturated rings. The zero-order chi connectivity index (χ0) is 11.0. The summed E-state index contributed by atoms with van der Waals surface area (Å²) in [5.41, 5.74) is 0.503. The fourth-order valence-electron chi connectivity index (χ4n) is 2.60. The van der Waals surface area contributed by atoms with E-state index in [0.717, 1.165) is 37.2 Å². The number of piperidine rings is 1. The maximum Gasteiger partial charge on any atom is 0.170 e. The summed E-state index contributed by atoms with van der Waals surface area (Å²) in [5, 5.41) is 3.30. The Bertz CT molecular complexity index is 431. The number of benzene rings is 1. The molecule has 2 aliphatic heterocycles. The molecule has 0 aromatic heterocycles. The Morgan fingerprint density at radius 2 is 1.78 bits per heavy atom. The molecule has 0 amide bonds. The van der Waals surface area contributed by atoms with Gasteiger partial charge in [-0.1, -0.05) is 12.1 Å². The van der Waals surface area contributed by atoms with Crippen LogP contribution in [0.2, 0.25) is 0 Å². The number of carbonyl (C=O) groups is 1. The van der Waals surface area contributed by atoms with E-state index in [4.69, 9.17) is 4.74 Å². The molecular weight excluding hydrogens is 273 g/mol.